The number of hydrogen-bond donors (Lipinski definition) is 1. The van der Waals surface area contributed by atoms with E-state index in [9.17, 15) is 0 Å². The zero-order valence-electron chi connectivity index (χ0n) is 12.1. The van der Waals surface area contributed by atoms with Crippen LogP contribution in [-0.2, 0) is 13.0 Å². The van der Waals surface area contributed by atoms with Crippen molar-refractivity contribution < 1.29 is 0 Å². The summed E-state index contributed by atoms with van der Waals surface area (Å²) in [7, 11) is 0. The van der Waals surface area contributed by atoms with Gasteiger partial charge in [-0.15, -0.1) is 0 Å². The van der Waals surface area contributed by atoms with Crippen molar-refractivity contribution >= 4 is 0 Å². The topological polar surface area (TPSA) is 29.9 Å². The Morgan fingerprint density at radius 3 is 2.56 bits per heavy atom. The number of rotatable bonds is 5. The van der Waals surface area contributed by atoms with Crippen molar-refractivity contribution in [1.82, 2.24) is 15.1 Å². The summed E-state index contributed by atoms with van der Waals surface area (Å²) in [5.74, 6) is 0. The van der Waals surface area contributed by atoms with Crippen molar-refractivity contribution in [3.63, 3.8) is 0 Å². The van der Waals surface area contributed by atoms with E-state index in [1.807, 2.05) is 0 Å². The first-order valence-corrected chi connectivity index (χ1v) is 7.48. The van der Waals surface area contributed by atoms with Gasteiger partial charge in [0.15, 0.2) is 0 Å². The summed E-state index contributed by atoms with van der Waals surface area (Å²) in [4.78, 5) is 0. The third kappa shape index (κ3) is 3.14. The van der Waals surface area contributed by atoms with Gasteiger partial charge in [0.1, 0.15) is 0 Å². The standard InChI is InChI=1S/C15H27N3/c1-4-15-12(2)17-18(13(15)3)11-10-16-14-8-6-5-7-9-14/h14,16H,4-11H2,1-3H3. The predicted octanol–water partition coefficient (Wildman–Crippen LogP) is 2.98. The van der Waals surface area contributed by atoms with Gasteiger partial charge in [0.2, 0.25) is 0 Å². The molecule has 1 saturated carbocycles. The SMILES string of the molecule is CCc1c(C)nn(CCNC2CCCCC2)c1C. The summed E-state index contributed by atoms with van der Waals surface area (Å²) >= 11 is 0. The molecule has 1 aliphatic rings. The average molecular weight is 249 g/mol. The van der Waals surface area contributed by atoms with E-state index in [4.69, 9.17) is 0 Å². The molecule has 0 atom stereocenters. The molecule has 1 fully saturated rings. The van der Waals surface area contributed by atoms with E-state index in [-0.39, 0.29) is 0 Å². The molecular weight excluding hydrogens is 222 g/mol. The average Bonchev–Trinajstić information content (AvgIpc) is 2.65. The largest absolute Gasteiger partial charge is 0.312 e. The van der Waals surface area contributed by atoms with Gasteiger partial charge in [-0.25, -0.2) is 0 Å². The van der Waals surface area contributed by atoms with Crippen LogP contribution in [0.3, 0.4) is 0 Å². The molecule has 0 amide bonds. The molecule has 1 aliphatic carbocycles. The lowest BCUT2D eigenvalue weighted by atomic mass is 9.95. The lowest BCUT2D eigenvalue weighted by Crippen LogP contribution is -2.33. The first kappa shape index (κ1) is 13.6. The third-order valence-electron chi connectivity index (χ3n) is 4.25. The van der Waals surface area contributed by atoms with Crippen LogP contribution in [0.25, 0.3) is 0 Å². The lowest BCUT2D eigenvalue weighted by Gasteiger charge is -2.22. The molecule has 1 heterocycles. The zero-order chi connectivity index (χ0) is 13.0. The fourth-order valence-electron chi connectivity index (χ4n) is 3.14. The van der Waals surface area contributed by atoms with E-state index in [1.54, 1.807) is 0 Å². The Bertz CT molecular complexity index is 375. The maximum Gasteiger partial charge on any atom is 0.0628 e. The van der Waals surface area contributed by atoms with Crippen molar-refractivity contribution in [2.75, 3.05) is 6.54 Å². The van der Waals surface area contributed by atoms with E-state index >= 15 is 0 Å². The van der Waals surface area contributed by atoms with Gasteiger partial charge in [-0.3, -0.25) is 4.68 Å². The second kappa shape index (κ2) is 6.37. The third-order valence-corrected chi connectivity index (χ3v) is 4.25. The van der Waals surface area contributed by atoms with Crippen molar-refractivity contribution in [2.45, 2.75) is 71.9 Å². The van der Waals surface area contributed by atoms with Gasteiger partial charge in [-0.1, -0.05) is 26.2 Å². The van der Waals surface area contributed by atoms with Gasteiger partial charge in [0, 0.05) is 18.3 Å². The summed E-state index contributed by atoms with van der Waals surface area (Å²) in [6.07, 6.45) is 8.03. The molecule has 0 aliphatic heterocycles. The summed E-state index contributed by atoms with van der Waals surface area (Å²) in [5, 5.41) is 8.32. The van der Waals surface area contributed by atoms with Crippen LogP contribution in [-0.4, -0.2) is 22.4 Å². The Morgan fingerprint density at radius 1 is 1.22 bits per heavy atom. The Morgan fingerprint density at radius 2 is 1.94 bits per heavy atom. The minimum Gasteiger partial charge on any atom is -0.312 e. The minimum atomic E-state index is 0.751. The highest BCUT2D eigenvalue weighted by Gasteiger charge is 2.13. The molecule has 3 nitrogen and oxygen atoms in total. The summed E-state index contributed by atoms with van der Waals surface area (Å²) in [6.45, 7) is 8.58. The maximum absolute atomic E-state index is 4.64. The fourth-order valence-corrected chi connectivity index (χ4v) is 3.14. The number of nitrogens with one attached hydrogen (secondary N) is 1. The Kier molecular flexibility index (Phi) is 4.81. The van der Waals surface area contributed by atoms with Gasteiger partial charge in [-0.2, -0.15) is 5.10 Å². The Hall–Kier alpha value is -0.830. The van der Waals surface area contributed by atoms with Crippen LogP contribution in [0.4, 0.5) is 0 Å². The molecule has 1 N–H and O–H groups in total. The normalized spacial score (nSPS) is 17.3. The van der Waals surface area contributed by atoms with Gasteiger partial charge in [-0.05, 0) is 38.7 Å². The first-order valence-electron chi connectivity index (χ1n) is 7.48. The molecule has 0 spiro atoms. The number of hydrogen-bond acceptors (Lipinski definition) is 2. The van der Waals surface area contributed by atoms with Crippen LogP contribution >= 0.6 is 0 Å². The molecule has 0 unspecified atom stereocenters. The lowest BCUT2D eigenvalue weighted by molar-refractivity contribution is 0.364. The Labute approximate surface area is 111 Å². The molecule has 1 aromatic heterocycles. The van der Waals surface area contributed by atoms with Crippen LogP contribution in [0.2, 0.25) is 0 Å². The number of nitrogens with zero attached hydrogens (tertiary/aromatic N) is 2. The van der Waals surface area contributed by atoms with Gasteiger partial charge < -0.3 is 5.32 Å². The molecule has 0 radical (unpaired) electrons. The van der Waals surface area contributed by atoms with E-state index in [0.717, 1.165) is 25.6 Å². The molecular formula is C15H27N3. The van der Waals surface area contributed by atoms with Gasteiger partial charge >= 0.3 is 0 Å². The first-order chi connectivity index (χ1) is 8.72. The highest BCUT2D eigenvalue weighted by atomic mass is 15.3. The van der Waals surface area contributed by atoms with Crippen LogP contribution in [0.15, 0.2) is 0 Å². The van der Waals surface area contributed by atoms with Crippen molar-refractivity contribution in [2.24, 2.45) is 0 Å². The van der Waals surface area contributed by atoms with Crippen LogP contribution in [0, 0.1) is 13.8 Å². The van der Waals surface area contributed by atoms with Crippen molar-refractivity contribution in [3.05, 3.63) is 17.0 Å². The van der Waals surface area contributed by atoms with Crippen molar-refractivity contribution in [3.8, 4) is 0 Å². The monoisotopic (exact) mass is 249 g/mol. The van der Waals surface area contributed by atoms with Gasteiger partial charge in [0.25, 0.3) is 0 Å². The molecule has 0 bridgehead atoms. The van der Waals surface area contributed by atoms with E-state index < -0.39 is 0 Å². The second-order valence-electron chi connectivity index (χ2n) is 5.52. The van der Waals surface area contributed by atoms with E-state index in [2.05, 4.69) is 35.9 Å². The van der Waals surface area contributed by atoms with Crippen LogP contribution < -0.4 is 5.32 Å². The van der Waals surface area contributed by atoms with Crippen molar-refractivity contribution in [1.29, 1.82) is 0 Å². The van der Waals surface area contributed by atoms with Crippen LogP contribution in [0.1, 0.15) is 56.0 Å². The van der Waals surface area contributed by atoms with E-state index in [0.29, 0.717) is 0 Å². The molecule has 0 aromatic carbocycles. The highest BCUT2D eigenvalue weighted by Crippen LogP contribution is 2.17. The smallest absolute Gasteiger partial charge is 0.0628 e. The zero-order valence-corrected chi connectivity index (χ0v) is 12.1. The number of aromatic nitrogens is 2. The fraction of sp³-hybridized carbons (Fsp3) is 0.800. The molecule has 3 heteroatoms. The minimum absolute atomic E-state index is 0.751. The summed E-state index contributed by atoms with van der Waals surface area (Å²) < 4.78 is 2.17. The second-order valence-corrected chi connectivity index (χ2v) is 5.52. The highest BCUT2D eigenvalue weighted by molar-refractivity contribution is 5.24. The molecule has 0 saturated heterocycles. The molecule has 18 heavy (non-hydrogen) atoms. The maximum atomic E-state index is 4.64. The Balaban J connectivity index is 1.82. The quantitative estimate of drug-likeness (QED) is 0.869. The van der Waals surface area contributed by atoms with Gasteiger partial charge in [0.05, 0.1) is 12.2 Å². The summed E-state index contributed by atoms with van der Waals surface area (Å²) in [5.41, 5.74) is 3.97. The predicted molar refractivity (Wildman–Crippen MR) is 76.0 cm³/mol. The molecule has 1 aromatic rings. The molecule has 2 rings (SSSR count). The molecule has 102 valence electrons. The summed E-state index contributed by atoms with van der Waals surface area (Å²) in [6, 6.07) is 0.751. The number of aryl methyl sites for hydroxylation is 1. The van der Waals surface area contributed by atoms with Crippen LogP contribution in [0.5, 0.6) is 0 Å². The van der Waals surface area contributed by atoms with E-state index in [1.165, 1.54) is 49.1 Å².